The van der Waals surface area contributed by atoms with Crippen LogP contribution in [0, 0.1) is 5.92 Å². The van der Waals surface area contributed by atoms with Gasteiger partial charge in [0, 0.05) is 13.0 Å². The zero-order valence-electron chi connectivity index (χ0n) is 16.1. The summed E-state index contributed by atoms with van der Waals surface area (Å²) in [7, 11) is 0. The molecular weight excluding hydrogens is 475 g/mol. The van der Waals surface area contributed by atoms with Crippen LogP contribution in [0.4, 0.5) is 0 Å². The third-order valence-electron chi connectivity index (χ3n) is 3.80. The number of amides is 2. The molecule has 0 aliphatic carbocycles. The molecular formula is C19H21Cl3N2O3S2. The molecule has 1 aliphatic rings. The van der Waals surface area contributed by atoms with Crippen molar-refractivity contribution in [3.05, 3.63) is 34.7 Å². The zero-order chi connectivity index (χ0) is 21.8. The van der Waals surface area contributed by atoms with E-state index in [1.54, 1.807) is 35.2 Å². The Labute approximate surface area is 195 Å². The normalized spacial score (nSPS) is 17.2. The van der Waals surface area contributed by atoms with Crippen LogP contribution in [0.2, 0.25) is 0 Å². The van der Waals surface area contributed by atoms with Gasteiger partial charge in [-0.05, 0) is 36.6 Å². The standard InChI is InChI=1S/C19H21Cl3N2O3S2/c1-4-24-16(26)14(29-18(24)28)10-12-5-7-13(8-6-12)27-17(19(20,21)22)23-15(25)9-11(2)3/h5-8,10-11,17H,4,9H2,1-3H3,(H,23,25). The molecule has 1 fully saturated rings. The zero-order valence-corrected chi connectivity index (χ0v) is 20.0. The quantitative estimate of drug-likeness (QED) is 0.245. The molecule has 29 heavy (non-hydrogen) atoms. The number of carbonyl (C=O) groups is 2. The molecule has 1 heterocycles. The van der Waals surface area contributed by atoms with Gasteiger partial charge in [-0.3, -0.25) is 14.5 Å². The highest BCUT2D eigenvalue weighted by atomic mass is 35.6. The number of rotatable bonds is 7. The average Bonchev–Trinajstić information content (AvgIpc) is 2.87. The maximum Gasteiger partial charge on any atom is 0.266 e. The number of alkyl halides is 3. The lowest BCUT2D eigenvalue weighted by atomic mass is 10.1. The molecule has 158 valence electrons. The predicted octanol–water partition coefficient (Wildman–Crippen LogP) is 5.15. The Morgan fingerprint density at radius 2 is 1.93 bits per heavy atom. The molecule has 1 aromatic rings. The molecule has 1 aliphatic heterocycles. The smallest absolute Gasteiger partial charge is 0.266 e. The van der Waals surface area contributed by atoms with Crippen molar-refractivity contribution in [1.29, 1.82) is 0 Å². The van der Waals surface area contributed by atoms with E-state index in [0.29, 0.717) is 21.5 Å². The highest BCUT2D eigenvalue weighted by molar-refractivity contribution is 8.26. The maximum atomic E-state index is 12.3. The van der Waals surface area contributed by atoms with E-state index in [0.717, 1.165) is 5.56 Å². The van der Waals surface area contributed by atoms with Crippen molar-refractivity contribution >= 4 is 81.0 Å². The van der Waals surface area contributed by atoms with E-state index < -0.39 is 10.0 Å². The minimum atomic E-state index is -1.85. The summed E-state index contributed by atoms with van der Waals surface area (Å²) < 4.78 is 4.38. The topological polar surface area (TPSA) is 58.6 Å². The number of nitrogens with zero attached hydrogens (tertiary/aromatic N) is 1. The van der Waals surface area contributed by atoms with Crippen LogP contribution in [0.25, 0.3) is 6.08 Å². The van der Waals surface area contributed by atoms with Gasteiger partial charge in [0.25, 0.3) is 5.91 Å². The molecule has 0 radical (unpaired) electrons. The molecule has 2 rings (SSSR count). The summed E-state index contributed by atoms with van der Waals surface area (Å²) in [6, 6.07) is 6.87. The third-order valence-corrected chi connectivity index (χ3v) is 5.78. The summed E-state index contributed by atoms with van der Waals surface area (Å²) in [6.45, 7) is 6.24. The molecule has 0 aromatic heterocycles. The van der Waals surface area contributed by atoms with Crippen molar-refractivity contribution in [2.24, 2.45) is 5.92 Å². The van der Waals surface area contributed by atoms with E-state index in [-0.39, 0.29) is 24.2 Å². The first-order chi connectivity index (χ1) is 13.5. The molecule has 1 N–H and O–H groups in total. The highest BCUT2D eigenvalue weighted by Gasteiger charge is 2.36. The first-order valence-corrected chi connectivity index (χ1v) is 11.2. The van der Waals surface area contributed by atoms with Crippen molar-refractivity contribution < 1.29 is 14.3 Å². The fraction of sp³-hybridized carbons (Fsp3) is 0.421. The van der Waals surface area contributed by atoms with E-state index >= 15 is 0 Å². The monoisotopic (exact) mass is 494 g/mol. The Morgan fingerprint density at radius 3 is 2.41 bits per heavy atom. The second kappa shape index (κ2) is 10.4. The van der Waals surface area contributed by atoms with Gasteiger partial charge >= 0.3 is 0 Å². The minimum absolute atomic E-state index is 0.105. The number of nitrogens with one attached hydrogen (secondary N) is 1. The number of carbonyl (C=O) groups excluding carboxylic acids is 2. The van der Waals surface area contributed by atoms with Crippen LogP contribution in [-0.2, 0) is 9.59 Å². The largest absolute Gasteiger partial charge is 0.466 e. The molecule has 1 atom stereocenters. The van der Waals surface area contributed by atoms with Gasteiger partial charge in [0.2, 0.25) is 15.9 Å². The van der Waals surface area contributed by atoms with Gasteiger partial charge in [-0.1, -0.05) is 84.8 Å². The molecule has 1 unspecified atom stereocenters. The van der Waals surface area contributed by atoms with Crippen molar-refractivity contribution in [2.75, 3.05) is 6.54 Å². The number of likely N-dealkylation sites (N-methyl/N-ethyl adjacent to an activating group) is 1. The lowest BCUT2D eigenvalue weighted by Crippen LogP contribution is -2.48. The number of ether oxygens (including phenoxy) is 1. The lowest BCUT2D eigenvalue weighted by molar-refractivity contribution is -0.124. The summed E-state index contributed by atoms with van der Waals surface area (Å²) in [5.41, 5.74) is 0.795. The first kappa shape index (κ1) is 24.3. The van der Waals surface area contributed by atoms with Gasteiger partial charge in [-0.25, -0.2) is 0 Å². The van der Waals surface area contributed by atoms with Crippen LogP contribution in [0.1, 0.15) is 32.8 Å². The molecule has 0 spiro atoms. The van der Waals surface area contributed by atoms with Crippen LogP contribution < -0.4 is 10.1 Å². The van der Waals surface area contributed by atoms with Gasteiger partial charge < -0.3 is 10.1 Å². The van der Waals surface area contributed by atoms with Crippen molar-refractivity contribution in [2.45, 2.75) is 37.2 Å². The fourth-order valence-corrected chi connectivity index (χ4v) is 4.14. The number of halogens is 3. The van der Waals surface area contributed by atoms with Crippen molar-refractivity contribution in [3.63, 3.8) is 0 Å². The van der Waals surface area contributed by atoms with Crippen LogP contribution in [0.15, 0.2) is 29.2 Å². The van der Waals surface area contributed by atoms with Crippen LogP contribution >= 0.6 is 58.8 Å². The van der Waals surface area contributed by atoms with E-state index in [1.807, 2.05) is 20.8 Å². The van der Waals surface area contributed by atoms with Gasteiger partial charge in [0.1, 0.15) is 10.1 Å². The van der Waals surface area contributed by atoms with Crippen LogP contribution in [0.3, 0.4) is 0 Å². The van der Waals surface area contributed by atoms with Gasteiger partial charge in [0.05, 0.1) is 4.91 Å². The number of thioether (sulfide) groups is 1. The van der Waals surface area contributed by atoms with Gasteiger partial charge in [0.15, 0.2) is 0 Å². The predicted molar refractivity (Wildman–Crippen MR) is 124 cm³/mol. The van der Waals surface area contributed by atoms with E-state index in [9.17, 15) is 9.59 Å². The molecule has 1 aromatic carbocycles. The number of hydrogen-bond donors (Lipinski definition) is 1. The number of thiocarbonyl (C=S) groups is 1. The average molecular weight is 496 g/mol. The molecule has 2 amide bonds. The Bertz CT molecular complexity index is 808. The van der Waals surface area contributed by atoms with Crippen LogP contribution in [0.5, 0.6) is 5.75 Å². The summed E-state index contributed by atoms with van der Waals surface area (Å²) in [6.07, 6.45) is 0.899. The van der Waals surface area contributed by atoms with Crippen LogP contribution in [-0.4, -0.2) is 37.6 Å². The first-order valence-electron chi connectivity index (χ1n) is 8.89. The second-order valence-electron chi connectivity index (χ2n) is 6.70. The Morgan fingerprint density at radius 1 is 1.31 bits per heavy atom. The summed E-state index contributed by atoms with van der Waals surface area (Å²) in [5, 5.41) is 2.60. The second-order valence-corrected chi connectivity index (χ2v) is 10.7. The number of hydrogen-bond acceptors (Lipinski definition) is 5. The lowest BCUT2D eigenvalue weighted by Gasteiger charge is -2.26. The summed E-state index contributed by atoms with van der Waals surface area (Å²) in [4.78, 5) is 26.4. The van der Waals surface area contributed by atoms with Gasteiger partial charge in [-0.2, -0.15) is 0 Å². The maximum absolute atomic E-state index is 12.3. The Hall–Kier alpha value is -0.990. The number of benzene rings is 1. The molecule has 0 saturated carbocycles. The summed E-state index contributed by atoms with van der Waals surface area (Å²) >= 11 is 24.3. The highest BCUT2D eigenvalue weighted by Crippen LogP contribution is 2.34. The minimum Gasteiger partial charge on any atom is -0.466 e. The SMILES string of the molecule is CCN1C(=O)C(=Cc2ccc(OC(NC(=O)CC(C)C)C(Cl)(Cl)Cl)cc2)SC1=S. The third kappa shape index (κ3) is 7.03. The van der Waals surface area contributed by atoms with Gasteiger partial charge in [-0.15, -0.1) is 0 Å². The fourth-order valence-electron chi connectivity index (χ4n) is 2.46. The molecule has 1 saturated heterocycles. The molecule has 10 heteroatoms. The van der Waals surface area contributed by atoms with Crippen molar-refractivity contribution in [3.8, 4) is 5.75 Å². The Balaban J connectivity index is 2.10. The molecule has 5 nitrogen and oxygen atoms in total. The van der Waals surface area contributed by atoms with E-state index in [2.05, 4.69) is 5.32 Å². The van der Waals surface area contributed by atoms with Crippen molar-refractivity contribution in [1.82, 2.24) is 10.2 Å². The Kier molecular flexibility index (Phi) is 8.67. The molecule has 0 bridgehead atoms. The summed E-state index contributed by atoms with van der Waals surface area (Å²) in [5.74, 6) is 0.188. The van der Waals surface area contributed by atoms with E-state index in [4.69, 9.17) is 51.8 Å². The van der Waals surface area contributed by atoms with E-state index in [1.165, 1.54) is 11.8 Å².